The summed E-state index contributed by atoms with van der Waals surface area (Å²) in [7, 11) is 0. The van der Waals surface area contributed by atoms with Gasteiger partial charge in [-0.2, -0.15) is 5.10 Å². The van der Waals surface area contributed by atoms with Crippen LogP contribution in [0.15, 0.2) is 35.3 Å². The summed E-state index contributed by atoms with van der Waals surface area (Å²) in [6, 6.07) is 4.65. The summed E-state index contributed by atoms with van der Waals surface area (Å²) in [6.07, 6.45) is 2.74. The van der Waals surface area contributed by atoms with Gasteiger partial charge in [0.05, 0.1) is 4.92 Å². The number of nitro groups is 1. The molecule has 2 aromatic rings. The molecule has 0 aliphatic rings. The summed E-state index contributed by atoms with van der Waals surface area (Å²) in [5.41, 5.74) is 0.371. The second-order valence-electron chi connectivity index (χ2n) is 2.73. The zero-order chi connectivity index (χ0) is 10.8. The number of hydrogen-bond acceptors (Lipinski definition) is 4. The quantitative estimate of drug-likeness (QED) is 0.616. The van der Waals surface area contributed by atoms with E-state index in [0.717, 1.165) is 4.47 Å². The SMILES string of the molecule is O=[N+]([O-])c1ccc(Br)cc1-n1cncn1. The molecule has 1 heterocycles. The van der Waals surface area contributed by atoms with Crippen LogP contribution < -0.4 is 0 Å². The molecule has 0 amide bonds. The van der Waals surface area contributed by atoms with Crippen LogP contribution in [0, 0.1) is 10.1 Å². The van der Waals surface area contributed by atoms with Gasteiger partial charge in [0.1, 0.15) is 18.3 Å². The van der Waals surface area contributed by atoms with Gasteiger partial charge in [-0.25, -0.2) is 9.67 Å². The first-order valence-electron chi connectivity index (χ1n) is 3.97. The summed E-state index contributed by atoms with van der Waals surface area (Å²) >= 11 is 3.25. The van der Waals surface area contributed by atoms with Gasteiger partial charge in [0, 0.05) is 10.5 Å². The maximum absolute atomic E-state index is 10.8. The third-order valence-corrected chi connectivity index (χ3v) is 2.29. The average molecular weight is 269 g/mol. The second kappa shape index (κ2) is 3.77. The Kier molecular flexibility index (Phi) is 2.46. The van der Waals surface area contributed by atoms with Gasteiger partial charge in [-0.3, -0.25) is 10.1 Å². The molecule has 0 N–H and O–H groups in total. The summed E-state index contributed by atoms with van der Waals surface area (Å²) in [4.78, 5) is 14.0. The molecule has 0 aliphatic heterocycles. The van der Waals surface area contributed by atoms with Crippen molar-refractivity contribution in [1.29, 1.82) is 0 Å². The highest BCUT2D eigenvalue weighted by atomic mass is 79.9. The van der Waals surface area contributed by atoms with Crippen LogP contribution in [0.4, 0.5) is 5.69 Å². The van der Waals surface area contributed by atoms with Crippen molar-refractivity contribution in [2.24, 2.45) is 0 Å². The minimum absolute atomic E-state index is 0.0105. The molecule has 0 bridgehead atoms. The Labute approximate surface area is 92.8 Å². The van der Waals surface area contributed by atoms with Gasteiger partial charge in [-0.15, -0.1) is 0 Å². The Morgan fingerprint density at radius 3 is 2.87 bits per heavy atom. The molecular formula is C8H5BrN4O2. The van der Waals surface area contributed by atoms with E-state index in [2.05, 4.69) is 26.0 Å². The van der Waals surface area contributed by atoms with E-state index in [1.807, 2.05) is 0 Å². The van der Waals surface area contributed by atoms with Crippen molar-refractivity contribution in [3.8, 4) is 5.69 Å². The van der Waals surface area contributed by atoms with Crippen molar-refractivity contribution < 1.29 is 4.92 Å². The molecule has 0 saturated carbocycles. The Morgan fingerprint density at radius 1 is 1.47 bits per heavy atom. The lowest BCUT2D eigenvalue weighted by Crippen LogP contribution is -2.00. The molecule has 7 heteroatoms. The number of aromatic nitrogens is 3. The van der Waals surface area contributed by atoms with Gasteiger partial charge in [0.2, 0.25) is 0 Å². The molecule has 1 aromatic carbocycles. The minimum Gasteiger partial charge on any atom is -0.258 e. The zero-order valence-corrected chi connectivity index (χ0v) is 8.96. The molecule has 0 unspecified atom stereocenters. The van der Waals surface area contributed by atoms with Crippen molar-refractivity contribution in [3.63, 3.8) is 0 Å². The maximum atomic E-state index is 10.8. The molecule has 2 rings (SSSR count). The summed E-state index contributed by atoms with van der Waals surface area (Å²) in [5.74, 6) is 0. The fraction of sp³-hybridized carbons (Fsp3) is 0. The van der Waals surface area contributed by atoms with Gasteiger partial charge in [-0.1, -0.05) is 15.9 Å². The number of rotatable bonds is 2. The summed E-state index contributed by atoms with van der Waals surface area (Å²) in [6.45, 7) is 0. The smallest absolute Gasteiger partial charge is 0.258 e. The average Bonchev–Trinajstić information content (AvgIpc) is 2.69. The van der Waals surface area contributed by atoms with Crippen molar-refractivity contribution in [3.05, 3.63) is 45.4 Å². The standard InChI is InChI=1S/C8H5BrN4O2/c9-6-1-2-7(13(14)15)8(3-6)12-5-10-4-11-12/h1-5H. The molecule has 0 aliphatic carbocycles. The van der Waals surface area contributed by atoms with E-state index in [4.69, 9.17) is 0 Å². The molecule has 0 saturated heterocycles. The van der Waals surface area contributed by atoms with Crippen molar-refractivity contribution in [2.75, 3.05) is 0 Å². The van der Waals surface area contributed by atoms with Gasteiger partial charge in [-0.05, 0) is 12.1 Å². The zero-order valence-electron chi connectivity index (χ0n) is 7.37. The van der Waals surface area contributed by atoms with E-state index >= 15 is 0 Å². The number of nitrogens with zero attached hydrogens (tertiary/aromatic N) is 4. The van der Waals surface area contributed by atoms with Crippen LogP contribution in [0.2, 0.25) is 0 Å². The number of benzene rings is 1. The van der Waals surface area contributed by atoms with E-state index in [1.165, 1.54) is 23.4 Å². The fourth-order valence-electron chi connectivity index (χ4n) is 1.17. The highest BCUT2D eigenvalue weighted by Crippen LogP contribution is 2.25. The van der Waals surface area contributed by atoms with Crippen LogP contribution in [0.25, 0.3) is 5.69 Å². The Bertz CT molecular complexity index is 497. The predicted octanol–water partition coefficient (Wildman–Crippen LogP) is 1.94. The van der Waals surface area contributed by atoms with Gasteiger partial charge in [0.15, 0.2) is 0 Å². The van der Waals surface area contributed by atoms with Crippen molar-refractivity contribution >= 4 is 21.6 Å². The molecule has 1 aromatic heterocycles. The number of halogens is 1. The molecule has 0 fully saturated rings. The Hall–Kier alpha value is -1.76. The molecule has 15 heavy (non-hydrogen) atoms. The summed E-state index contributed by atoms with van der Waals surface area (Å²) < 4.78 is 2.10. The van der Waals surface area contributed by atoms with Gasteiger partial charge in [0.25, 0.3) is 5.69 Å². The van der Waals surface area contributed by atoms with Crippen LogP contribution in [0.1, 0.15) is 0 Å². The van der Waals surface area contributed by atoms with Crippen molar-refractivity contribution in [1.82, 2.24) is 14.8 Å². The van der Waals surface area contributed by atoms with Crippen LogP contribution in [0.5, 0.6) is 0 Å². The fourth-order valence-corrected chi connectivity index (χ4v) is 1.52. The number of nitro benzene ring substituents is 1. The number of hydrogen-bond donors (Lipinski definition) is 0. The highest BCUT2D eigenvalue weighted by Gasteiger charge is 2.15. The van der Waals surface area contributed by atoms with E-state index in [0.29, 0.717) is 5.69 Å². The van der Waals surface area contributed by atoms with E-state index in [-0.39, 0.29) is 5.69 Å². The van der Waals surface area contributed by atoms with Gasteiger partial charge < -0.3 is 0 Å². The second-order valence-corrected chi connectivity index (χ2v) is 3.65. The van der Waals surface area contributed by atoms with E-state index < -0.39 is 4.92 Å². The first-order chi connectivity index (χ1) is 7.18. The third-order valence-electron chi connectivity index (χ3n) is 1.80. The maximum Gasteiger partial charge on any atom is 0.295 e. The largest absolute Gasteiger partial charge is 0.295 e. The van der Waals surface area contributed by atoms with Crippen LogP contribution in [0.3, 0.4) is 0 Å². The lowest BCUT2D eigenvalue weighted by molar-refractivity contribution is -0.384. The van der Waals surface area contributed by atoms with E-state index in [1.54, 1.807) is 12.1 Å². The topological polar surface area (TPSA) is 73.8 Å². The normalized spacial score (nSPS) is 10.2. The van der Waals surface area contributed by atoms with E-state index in [9.17, 15) is 10.1 Å². The van der Waals surface area contributed by atoms with Gasteiger partial charge >= 0.3 is 0 Å². The molecular weight excluding hydrogens is 264 g/mol. The highest BCUT2D eigenvalue weighted by molar-refractivity contribution is 9.10. The molecule has 0 radical (unpaired) electrons. The first-order valence-corrected chi connectivity index (χ1v) is 4.77. The first kappa shape index (κ1) is 9.78. The predicted molar refractivity (Wildman–Crippen MR) is 55.7 cm³/mol. The van der Waals surface area contributed by atoms with Crippen LogP contribution >= 0.6 is 15.9 Å². The minimum atomic E-state index is -0.455. The van der Waals surface area contributed by atoms with Crippen LogP contribution in [-0.2, 0) is 0 Å². The molecule has 0 atom stereocenters. The van der Waals surface area contributed by atoms with Crippen LogP contribution in [-0.4, -0.2) is 19.7 Å². The lowest BCUT2D eigenvalue weighted by Gasteiger charge is -2.02. The molecule has 6 nitrogen and oxygen atoms in total. The van der Waals surface area contributed by atoms with Crippen molar-refractivity contribution in [2.45, 2.75) is 0 Å². The third kappa shape index (κ3) is 1.86. The molecule has 0 spiro atoms. The Morgan fingerprint density at radius 2 is 2.27 bits per heavy atom. The summed E-state index contributed by atoms with van der Waals surface area (Å²) in [5, 5.41) is 14.6. The lowest BCUT2D eigenvalue weighted by atomic mass is 10.3. The molecule has 76 valence electrons. The Balaban J connectivity index is 2.63. The monoisotopic (exact) mass is 268 g/mol.